The highest BCUT2D eigenvalue weighted by atomic mass is 16.5. The molecule has 0 spiro atoms. The first kappa shape index (κ1) is 15.4. The van der Waals surface area contributed by atoms with Crippen molar-refractivity contribution in [3.63, 3.8) is 0 Å². The third-order valence-corrected chi connectivity index (χ3v) is 2.01. The van der Waals surface area contributed by atoms with Gasteiger partial charge in [-0.05, 0) is 26.2 Å². The molecule has 17 heavy (non-hydrogen) atoms. The predicted molar refractivity (Wildman–Crippen MR) is 65.4 cm³/mol. The van der Waals surface area contributed by atoms with Gasteiger partial charge in [0.05, 0.1) is 6.61 Å². The fourth-order valence-electron chi connectivity index (χ4n) is 1.09. The third-order valence-electron chi connectivity index (χ3n) is 2.01. The zero-order valence-electron chi connectivity index (χ0n) is 10.3. The summed E-state index contributed by atoms with van der Waals surface area (Å²) in [5, 5.41) is 0. The molecule has 4 heteroatoms. The van der Waals surface area contributed by atoms with Gasteiger partial charge in [-0.3, -0.25) is 4.79 Å². The highest BCUT2D eigenvalue weighted by molar-refractivity contribution is 5.81. The minimum atomic E-state index is -0.381. The smallest absolute Gasteiger partial charge is 0.330 e. The van der Waals surface area contributed by atoms with E-state index in [4.69, 9.17) is 4.74 Å². The van der Waals surface area contributed by atoms with Crippen LogP contribution in [0.25, 0.3) is 0 Å². The molecule has 1 heterocycles. The van der Waals surface area contributed by atoms with E-state index in [1.807, 2.05) is 13.0 Å². The second-order valence-electron chi connectivity index (χ2n) is 3.43. The summed E-state index contributed by atoms with van der Waals surface area (Å²) in [7, 11) is 0. The molecule has 0 radical (unpaired) electrons. The molecule has 0 aromatic rings. The Kier molecular flexibility index (Phi) is 9.91. The summed E-state index contributed by atoms with van der Waals surface area (Å²) in [6.45, 7) is 6.08. The second-order valence-corrected chi connectivity index (χ2v) is 3.43. The van der Waals surface area contributed by atoms with Crippen LogP contribution in [0.4, 0.5) is 0 Å². The van der Waals surface area contributed by atoms with Gasteiger partial charge in [-0.25, -0.2) is 4.79 Å². The molecular formula is C13H20O4. The van der Waals surface area contributed by atoms with Crippen molar-refractivity contribution in [3.8, 4) is 0 Å². The summed E-state index contributed by atoms with van der Waals surface area (Å²) in [5.41, 5.74) is 0. The van der Waals surface area contributed by atoms with Crippen LogP contribution in [-0.2, 0) is 19.1 Å². The van der Waals surface area contributed by atoms with Crippen LogP contribution in [0.3, 0.4) is 0 Å². The molecule has 1 fully saturated rings. The van der Waals surface area contributed by atoms with Crippen LogP contribution in [0.2, 0.25) is 0 Å². The predicted octanol–water partition coefficient (Wildman–Crippen LogP) is 2.40. The van der Waals surface area contributed by atoms with E-state index in [1.165, 1.54) is 0 Å². The number of ether oxygens (including phenoxy) is 2. The maximum Gasteiger partial charge on any atom is 0.330 e. The molecule has 0 saturated carbocycles. The average molecular weight is 240 g/mol. The molecule has 0 N–H and O–H groups in total. The minimum Gasteiger partial charge on any atom is -0.466 e. The lowest BCUT2D eigenvalue weighted by molar-refractivity contribution is -0.142. The Balaban J connectivity index is 0.000000302. The second kappa shape index (κ2) is 10.9. The number of rotatable bonds is 3. The first-order valence-corrected chi connectivity index (χ1v) is 5.76. The number of carbonyl (C=O) groups is 2. The molecule has 1 saturated heterocycles. The van der Waals surface area contributed by atoms with E-state index in [9.17, 15) is 9.59 Å². The van der Waals surface area contributed by atoms with Gasteiger partial charge in [-0.1, -0.05) is 18.7 Å². The van der Waals surface area contributed by atoms with Gasteiger partial charge in [-0.15, -0.1) is 0 Å². The van der Waals surface area contributed by atoms with Gasteiger partial charge in [0, 0.05) is 12.5 Å². The van der Waals surface area contributed by atoms with E-state index in [0.717, 1.165) is 25.3 Å². The SMILES string of the molecule is C=CC(=O)OCC=CC.O=C1CCCCCO1. The van der Waals surface area contributed by atoms with Gasteiger partial charge in [-0.2, -0.15) is 0 Å². The minimum absolute atomic E-state index is 0.0255. The van der Waals surface area contributed by atoms with Gasteiger partial charge in [0.2, 0.25) is 0 Å². The van der Waals surface area contributed by atoms with Crippen molar-refractivity contribution in [2.45, 2.75) is 32.6 Å². The van der Waals surface area contributed by atoms with Crippen LogP contribution >= 0.6 is 0 Å². The van der Waals surface area contributed by atoms with Gasteiger partial charge in [0.25, 0.3) is 0 Å². The number of carbonyl (C=O) groups excluding carboxylic acids is 2. The van der Waals surface area contributed by atoms with Crippen LogP contribution < -0.4 is 0 Å². The van der Waals surface area contributed by atoms with E-state index < -0.39 is 0 Å². The van der Waals surface area contributed by atoms with Gasteiger partial charge < -0.3 is 9.47 Å². The molecule has 0 atom stereocenters. The molecule has 0 aromatic carbocycles. The van der Waals surface area contributed by atoms with Crippen LogP contribution in [-0.4, -0.2) is 25.2 Å². The number of cyclic esters (lactones) is 1. The normalized spacial score (nSPS) is 15.2. The lowest BCUT2D eigenvalue weighted by Crippen LogP contribution is -2.00. The lowest BCUT2D eigenvalue weighted by atomic mass is 10.2. The molecular weight excluding hydrogens is 220 g/mol. The monoisotopic (exact) mass is 240 g/mol. The van der Waals surface area contributed by atoms with Gasteiger partial charge >= 0.3 is 11.9 Å². The van der Waals surface area contributed by atoms with Gasteiger partial charge in [0.1, 0.15) is 6.61 Å². The first-order valence-electron chi connectivity index (χ1n) is 5.76. The third kappa shape index (κ3) is 10.7. The lowest BCUT2D eigenvalue weighted by Gasteiger charge is -1.93. The number of allylic oxidation sites excluding steroid dienone is 1. The summed E-state index contributed by atoms with van der Waals surface area (Å²) < 4.78 is 9.35. The number of esters is 2. The molecule has 1 aliphatic rings. The molecule has 0 aliphatic carbocycles. The van der Waals surface area contributed by atoms with Crippen molar-refractivity contribution >= 4 is 11.9 Å². The molecule has 0 amide bonds. The van der Waals surface area contributed by atoms with Gasteiger partial charge in [0.15, 0.2) is 0 Å². The van der Waals surface area contributed by atoms with Crippen LogP contribution in [0.1, 0.15) is 32.6 Å². The van der Waals surface area contributed by atoms with Crippen molar-refractivity contribution in [2.24, 2.45) is 0 Å². The van der Waals surface area contributed by atoms with E-state index in [-0.39, 0.29) is 11.9 Å². The number of hydrogen-bond donors (Lipinski definition) is 0. The Morgan fingerprint density at radius 3 is 2.88 bits per heavy atom. The van der Waals surface area contributed by atoms with E-state index in [2.05, 4.69) is 11.3 Å². The Hall–Kier alpha value is -1.58. The standard InChI is InChI=1S/C7H10O2.C6H10O2/c1-3-5-6-9-7(8)4-2;7-6-4-2-1-3-5-8-6/h3-5H,2,6H2,1H3;1-5H2. The summed E-state index contributed by atoms with van der Waals surface area (Å²) in [6.07, 6.45) is 8.54. The maximum atomic E-state index is 10.5. The summed E-state index contributed by atoms with van der Waals surface area (Å²) in [5.74, 6) is -0.407. The Morgan fingerprint density at radius 1 is 1.47 bits per heavy atom. The zero-order valence-corrected chi connectivity index (χ0v) is 10.3. The van der Waals surface area contributed by atoms with Crippen molar-refractivity contribution in [1.82, 2.24) is 0 Å². The van der Waals surface area contributed by atoms with E-state index >= 15 is 0 Å². The average Bonchev–Trinajstić information content (AvgIpc) is 2.58. The van der Waals surface area contributed by atoms with Crippen LogP contribution in [0.5, 0.6) is 0 Å². The fraction of sp³-hybridized carbons (Fsp3) is 0.538. The Labute approximate surface area is 102 Å². The molecule has 1 aliphatic heterocycles. The van der Waals surface area contributed by atoms with E-state index in [0.29, 0.717) is 19.6 Å². The van der Waals surface area contributed by atoms with Crippen molar-refractivity contribution < 1.29 is 19.1 Å². The molecule has 1 rings (SSSR count). The largest absolute Gasteiger partial charge is 0.466 e. The molecule has 0 aromatic heterocycles. The fourth-order valence-corrected chi connectivity index (χ4v) is 1.09. The zero-order chi connectivity index (χ0) is 12.9. The Morgan fingerprint density at radius 2 is 2.24 bits per heavy atom. The van der Waals surface area contributed by atoms with E-state index in [1.54, 1.807) is 6.08 Å². The summed E-state index contributed by atoms with van der Waals surface area (Å²) in [4.78, 5) is 20.8. The van der Waals surface area contributed by atoms with Crippen molar-refractivity contribution in [2.75, 3.05) is 13.2 Å². The summed E-state index contributed by atoms with van der Waals surface area (Å²) in [6, 6.07) is 0. The highest BCUT2D eigenvalue weighted by Gasteiger charge is 2.05. The number of hydrogen-bond acceptors (Lipinski definition) is 4. The topological polar surface area (TPSA) is 52.6 Å². The Bertz CT molecular complexity index is 259. The molecule has 96 valence electrons. The van der Waals surface area contributed by atoms with Crippen LogP contribution in [0, 0.1) is 0 Å². The van der Waals surface area contributed by atoms with Crippen molar-refractivity contribution in [3.05, 3.63) is 24.8 Å². The summed E-state index contributed by atoms with van der Waals surface area (Å²) >= 11 is 0. The quantitative estimate of drug-likeness (QED) is 0.432. The van der Waals surface area contributed by atoms with Crippen molar-refractivity contribution in [1.29, 1.82) is 0 Å². The highest BCUT2D eigenvalue weighted by Crippen LogP contribution is 2.06. The first-order chi connectivity index (χ1) is 8.20. The molecule has 0 bridgehead atoms. The molecule has 4 nitrogen and oxygen atoms in total. The maximum absolute atomic E-state index is 10.5. The molecule has 0 unspecified atom stereocenters. The van der Waals surface area contributed by atoms with Crippen LogP contribution in [0.15, 0.2) is 24.8 Å².